The highest BCUT2D eigenvalue weighted by Gasteiger charge is 2.16. The van der Waals surface area contributed by atoms with Crippen LogP contribution in [-0.4, -0.2) is 54.1 Å². The summed E-state index contributed by atoms with van der Waals surface area (Å²) in [7, 11) is 0. The number of ether oxygens (including phenoxy) is 1. The second-order valence-electron chi connectivity index (χ2n) is 4.95. The molecular formula is C13H25NO4. The summed E-state index contributed by atoms with van der Waals surface area (Å²) in [4.78, 5) is 23.8. The van der Waals surface area contributed by atoms with Gasteiger partial charge in [-0.15, -0.1) is 0 Å². The molecular weight excluding hydrogens is 234 g/mol. The van der Waals surface area contributed by atoms with Crippen LogP contribution in [0.15, 0.2) is 0 Å². The maximum absolute atomic E-state index is 11.1. The number of carbonyl (C=O) groups is 2. The Morgan fingerprint density at radius 3 is 2.33 bits per heavy atom. The second kappa shape index (κ2) is 9.05. The molecule has 0 aromatic rings. The Kier molecular flexibility index (Phi) is 8.58. The van der Waals surface area contributed by atoms with E-state index in [1.807, 2.05) is 18.7 Å². The molecule has 0 rings (SSSR count). The van der Waals surface area contributed by atoms with Crippen LogP contribution in [0.3, 0.4) is 0 Å². The number of ketones is 1. The summed E-state index contributed by atoms with van der Waals surface area (Å²) in [5.74, 6) is -1.24. The van der Waals surface area contributed by atoms with Gasteiger partial charge in [0.1, 0.15) is 5.78 Å². The number of carboxylic acids is 1. The van der Waals surface area contributed by atoms with Gasteiger partial charge in [0.15, 0.2) is 0 Å². The van der Waals surface area contributed by atoms with E-state index in [1.165, 1.54) is 6.92 Å². The van der Waals surface area contributed by atoms with Crippen molar-refractivity contribution in [1.82, 2.24) is 4.90 Å². The zero-order chi connectivity index (χ0) is 14.1. The summed E-state index contributed by atoms with van der Waals surface area (Å²) in [5, 5.41) is 8.87. The molecule has 5 nitrogen and oxygen atoms in total. The smallest absolute Gasteiger partial charge is 0.307 e. The van der Waals surface area contributed by atoms with Crippen molar-refractivity contribution in [2.45, 2.75) is 40.2 Å². The van der Waals surface area contributed by atoms with Crippen LogP contribution in [0.1, 0.15) is 34.1 Å². The molecule has 0 aromatic carbocycles. The largest absolute Gasteiger partial charge is 0.481 e. The molecule has 0 aliphatic rings. The number of carboxylic acid groups (broad SMARTS) is 1. The highest BCUT2D eigenvalue weighted by molar-refractivity contribution is 5.77. The quantitative estimate of drug-likeness (QED) is 0.601. The third kappa shape index (κ3) is 9.13. The number of aliphatic carboxylic acids is 1. The van der Waals surface area contributed by atoms with Gasteiger partial charge in [-0.2, -0.15) is 0 Å². The highest BCUT2D eigenvalue weighted by atomic mass is 16.5. The summed E-state index contributed by atoms with van der Waals surface area (Å²) in [6, 6.07) is 0. The van der Waals surface area contributed by atoms with Crippen LogP contribution in [0.4, 0.5) is 0 Å². The topological polar surface area (TPSA) is 66.8 Å². The Hall–Kier alpha value is -0.940. The molecule has 0 fully saturated rings. The molecule has 0 spiro atoms. The number of hydrogen-bond acceptors (Lipinski definition) is 4. The van der Waals surface area contributed by atoms with E-state index >= 15 is 0 Å². The van der Waals surface area contributed by atoms with Crippen LogP contribution in [0.5, 0.6) is 0 Å². The van der Waals surface area contributed by atoms with E-state index in [-0.39, 0.29) is 11.9 Å². The third-order valence-corrected chi connectivity index (χ3v) is 2.47. The van der Waals surface area contributed by atoms with Crippen LogP contribution in [0, 0.1) is 5.92 Å². The fourth-order valence-corrected chi connectivity index (χ4v) is 1.62. The van der Waals surface area contributed by atoms with E-state index in [0.717, 1.165) is 6.42 Å². The summed E-state index contributed by atoms with van der Waals surface area (Å²) < 4.78 is 5.42. The third-order valence-electron chi connectivity index (χ3n) is 2.47. The Morgan fingerprint density at radius 1 is 1.28 bits per heavy atom. The minimum atomic E-state index is -0.831. The van der Waals surface area contributed by atoms with Gasteiger partial charge in [0.2, 0.25) is 0 Å². The Morgan fingerprint density at radius 2 is 1.89 bits per heavy atom. The molecule has 0 aliphatic heterocycles. The van der Waals surface area contributed by atoms with Gasteiger partial charge in [-0.1, -0.05) is 6.92 Å². The van der Waals surface area contributed by atoms with E-state index < -0.39 is 11.9 Å². The van der Waals surface area contributed by atoms with Crippen molar-refractivity contribution < 1.29 is 19.4 Å². The summed E-state index contributed by atoms with van der Waals surface area (Å²) >= 11 is 0. The molecule has 0 radical (unpaired) electrons. The molecule has 0 saturated heterocycles. The maximum atomic E-state index is 11.1. The van der Waals surface area contributed by atoms with E-state index in [2.05, 4.69) is 0 Å². The predicted octanol–water partition coefficient (Wildman–Crippen LogP) is 1.41. The van der Waals surface area contributed by atoms with Crippen molar-refractivity contribution in [3.8, 4) is 0 Å². The fourth-order valence-electron chi connectivity index (χ4n) is 1.62. The van der Waals surface area contributed by atoms with Crippen molar-refractivity contribution >= 4 is 11.8 Å². The number of carbonyl (C=O) groups excluding carboxylic acids is 1. The van der Waals surface area contributed by atoms with Gasteiger partial charge in [0.25, 0.3) is 0 Å². The molecule has 0 amide bonds. The monoisotopic (exact) mass is 259 g/mol. The van der Waals surface area contributed by atoms with Gasteiger partial charge in [0, 0.05) is 19.7 Å². The van der Waals surface area contributed by atoms with Crippen molar-refractivity contribution in [1.29, 1.82) is 0 Å². The SMILES string of the molecule is CC(=O)CN(CCCOC(C)C)CC(C)C(=O)O. The molecule has 18 heavy (non-hydrogen) atoms. The van der Waals surface area contributed by atoms with Crippen LogP contribution < -0.4 is 0 Å². The minimum absolute atomic E-state index is 0.0531. The van der Waals surface area contributed by atoms with Crippen molar-refractivity contribution in [3.63, 3.8) is 0 Å². The predicted molar refractivity (Wildman–Crippen MR) is 69.6 cm³/mol. The molecule has 1 N–H and O–H groups in total. The molecule has 0 bridgehead atoms. The van der Waals surface area contributed by atoms with Gasteiger partial charge in [0.05, 0.1) is 18.6 Å². The second-order valence-corrected chi connectivity index (χ2v) is 4.95. The first-order valence-corrected chi connectivity index (χ1v) is 6.39. The molecule has 0 aliphatic carbocycles. The lowest BCUT2D eigenvalue weighted by atomic mass is 10.1. The van der Waals surface area contributed by atoms with Gasteiger partial charge in [-0.3, -0.25) is 14.5 Å². The van der Waals surface area contributed by atoms with Gasteiger partial charge in [-0.25, -0.2) is 0 Å². The van der Waals surface area contributed by atoms with Crippen LogP contribution in [0.2, 0.25) is 0 Å². The molecule has 1 atom stereocenters. The number of hydrogen-bond donors (Lipinski definition) is 1. The van der Waals surface area contributed by atoms with Crippen molar-refractivity contribution in [2.75, 3.05) is 26.2 Å². The molecule has 0 saturated carbocycles. The number of Topliss-reactive ketones (excluding diaryl/α,β-unsaturated/α-hetero) is 1. The highest BCUT2D eigenvalue weighted by Crippen LogP contribution is 2.02. The van der Waals surface area contributed by atoms with Gasteiger partial charge >= 0.3 is 5.97 Å². The number of rotatable bonds is 10. The molecule has 1 unspecified atom stereocenters. The van der Waals surface area contributed by atoms with E-state index in [9.17, 15) is 9.59 Å². The average molecular weight is 259 g/mol. The molecule has 5 heteroatoms. The van der Waals surface area contributed by atoms with Gasteiger partial charge < -0.3 is 9.84 Å². The van der Waals surface area contributed by atoms with Crippen molar-refractivity contribution in [3.05, 3.63) is 0 Å². The van der Waals surface area contributed by atoms with Crippen LogP contribution >= 0.6 is 0 Å². The van der Waals surface area contributed by atoms with Crippen molar-refractivity contribution in [2.24, 2.45) is 5.92 Å². The van der Waals surface area contributed by atoms with Crippen LogP contribution in [-0.2, 0) is 14.3 Å². The first-order valence-electron chi connectivity index (χ1n) is 6.39. The molecule has 0 heterocycles. The number of nitrogens with zero attached hydrogens (tertiary/aromatic N) is 1. The Balaban J connectivity index is 4.06. The fraction of sp³-hybridized carbons (Fsp3) is 0.846. The Labute approximate surface area is 109 Å². The lowest BCUT2D eigenvalue weighted by Gasteiger charge is -2.23. The van der Waals surface area contributed by atoms with Crippen LogP contribution in [0.25, 0.3) is 0 Å². The molecule has 0 aromatic heterocycles. The van der Waals surface area contributed by atoms with Gasteiger partial charge in [-0.05, 0) is 27.2 Å². The van der Waals surface area contributed by atoms with E-state index in [0.29, 0.717) is 26.2 Å². The summed E-state index contributed by atoms with van der Waals surface area (Å²) in [5.41, 5.74) is 0. The molecule has 106 valence electrons. The maximum Gasteiger partial charge on any atom is 0.307 e. The average Bonchev–Trinajstić information content (AvgIpc) is 2.22. The Bertz CT molecular complexity index is 266. The zero-order valence-corrected chi connectivity index (χ0v) is 11.8. The first-order chi connectivity index (χ1) is 8.32. The standard InChI is InChI=1S/C13H25NO4/c1-10(2)18-7-5-6-14(9-12(4)15)8-11(3)13(16)17/h10-11H,5-9H2,1-4H3,(H,16,17). The van der Waals surface area contributed by atoms with E-state index in [1.54, 1.807) is 6.92 Å². The lowest BCUT2D eigenvalue weighted by Crippen LogP contribution is -2.36. The summed E-state index contributed by atoms with van der Waals surface area (Å²) in [6.45, 7) is 9.14. The zero-order valence-electron chi connectivity index (χ0n) is 11.8. The van der Waals surface area contributed by atoms with E-state index in [4.69, 9.17) is 9.84 Å². The lowest BCUT2D eigenvalue weighted by molar-refractivity contribution is -0.142. The normalized spacial score (nSPS) is 13.0. The summed E-state index contributed by atoms with van der Waals surface area (Å²) in [6.07, 6.45) is 1.00. The minimum Gasteiger partial charge on any atom is -0.481 e. The first kappa shape index (κ1) is 17.1.